The number of aliphatic hydroxyl groups is 1. The van der Waals surface area contributed by atoms with Crippen molar-refractivity contribution in [1.29, 1.82) is 0 Å². The van der Waals surface area contributed by atoms with E-state index in [2.05, 4.69) is 10.2 Å². The van der Waals surface area contributed by atoms with E-state index >= 15 is 0 Å². The number of fused-ring (bicyclic) bond motifs is 1. The molecule has 3 aliphatic heterocycles. The van der Waals surface area contributed by atoms with Crippen LogP contribution in [0.5, 0.6) is 0 Å². The number of hydrogen-bond acceptors (Lipinski definition) is 7. The number of nitrogens with zero attached hydrogens (tertiary/aromatic N) is 2. The lowest BCUT2D eigenvalue weighted by atomic mass is 9.94. The van der Waals surface area contributed by atoms with Gasteiger partial charge in [0.05, 0.1) is 25.4 Å². The van der Waals surface area contributed by atoms with Crippen molar-refractivity contribution >= 4 is 6.09 Å². The molecule has 8 heteroatoms. The number of carbonyl (C=O) groups excluding carboxylic acids is 1. The van der Waals surface area contributed by atoms with Crippen molar-refractivity contribution in [2.45, 2.75) is 69.7 Å². The van der Waals surface area contributed by atoms with Gasteiger partial charge in [0.2, 0.25) is 0 Å². The Morgan fingerprint density at radius 3 is 2.83 bits per heavy atom. The number of amides is 1. The lowest BCUT2D eigenvalue weighted by Gasteiger charge is -2.36. The fourth-order valence-electron chi connectivity index (χ4n) is 4.70. The van der Waals surface area contributed by atoms with E-state index in [0.29, 0.717) is 26.4 Å². The van der Waals surface area contributed by atoms with Crippen LogP contribution in [0.4, 0.5) is 4.79 Å². The van der Waals surface area contributed by atoms with Crippen LogP contribution in [0.3, 0.4) is 0 Å². The molecule has 3 saturated heterocycles. The number of rotatable bonds is 8. The first-order valence-electron chi connectivity index (χ1n) is 11.1. The SMILES string of the molecule is CC(C)(C)OC(=O)N1CCNCC1COCCCO[C@H]1CN2CCC[C@]2(CO)C1. The maximum absolute atomic E-state index is 12.4. The fourth-order valence-corrected chi connectivity index (χ4v) is 4.70. The summed E-state index contributed by atoms with van der Waals surface area (Å²) in [6.07, 6.45) is 3.97. The molecule has 29 heavy (non-hydrogen) atoms. The van der Waals surface area contributed by atoms with Crippen molar-refractivity contribution in [3.8, 4) is 0 Å². The Balaban J connectivity index is 1.31. The average molecular weight is 414 g/mol. The molecular weight excluding hydrogens is 374 g/mol. The first-order chi connectivity index (χ1) is 13.8. The molecule has 1 amide bonds. The van der Waals surface area contributed by atoms with Crippen LogP contribution >= 0.6 is 0 Å². The highest BCUT2D eigenvalue weighted by atomic mass is 16.6. The third kappa shape index (κ3) is 6.04. The molecule has 0 aromatic carbocycles. The monoisotopic (exact) mass is 413 g/mol. The molecule has 0 aliphatic carbocycles. The van der Waals surface area contributed by atoms with Crippen LogP contribution in [-0.4, -0.2) is 103 Å². The van der Waals surface area contributed by atoms with Crippen molar-refractivity contribution < 1.29 is 24.1 Å². The molecule has 8 nitrogen and oxygen atoms in total. The summed E-state index contributed by atoms with van der Waals surface area (Å²) in [7, 11) is 0. The number of ether oxygens (including phenoxy) is 3. The molecule has 0 aromatic rings. The van der Waals surface area contributed by atoms with Gasteiger partial charge in [-0.3, -0.25) is 4.90 Å². The normalized spacial score (nSPS) is 30.6. The predicted molar refractivity (Wildman–Crippen MR) is 110 cm³/mol. The second kappa shape index (κ2) is 9.92. The summed E-state index contributed by atoms with van der Waals surface area (Å²) < 4.78 is 17.4. The van der Waals surface area contributed by atoms with Gasteiger partial charge in [0.1, 0.15) is 5.60 Å². The minimum atomic E-state index is -0.491. The average Bonchev–Trinajstić information content (AvgIpc) is 3.20. The van der Waals surface area contributed by atoms with E-state index in [1.165, 1.54) is 6.42 Å². The van der Waals surface area contributed by atoms with E-state index in [9.17, 15) is 9.90 Å². The molecule has 168 valence electrons. The molecule has 3 fully saturated rings. The van der Waals surface area contributed by atoms with Crippen LogP contribution in [0, 0.1) is 0 Å². The molecule has 1 unspecified atom stereocenters. The van der Waals surface area contributed by atoms with Crippen molar-refractivity contribution in [3.05, 3.63) is 0 Å². The Hall–Kier alpha value is -0.930. The molecule has 0 aromatic heterocycles. The zero-order valence-electron chi connectivity index (χ0n) is 18.3. The Labute approximate surface area is 174 Å². The first kappa shape index (κ1) is 22.7. The highest BCUT2D eigenvalue weighted by Crippen LogP contribution is 2.39. The zero-order chi connectivity index (χ0) is 20.9. The molecule has 0 radical (unpaired) electrons. The molecule has 3 atom stereocenters. The number of piperazine rings is 1. The van der Waals surface area contributed by atoms with E-state index in [1.54, 1.807) is 4.90 Å². The van der Waals surface area contributed by atoms with E-state index in [4.69, 9.17) is 14.2 Å². The highest BCUT2D eigenvalue weighted by Gasteiger charge is 2.48. The van der Waals surface area contributed by atoms with Crippen LogP contribution in [0.25, 0.3) is 0 Å². The largest absolute Gasteiger partial charge is 0.444 e. The molecule has 3 rings (SSSR count). The van der Waals surface area contributed by atoms with Gasteiger partial charge in [-0.05, 0) is 53.0 Å². The van der Waals surface area contributed by atoms with Gasteiger partial charge in [0.25, 0.3) is 0 Å². The second-order valence-corrected chi connectivity index (χ2v) is 9.59. The number of carbonyl (C=O) groups is 1. The highest BCUT2D eigenvalue weighted by molar-refractivity contribution is 5.68. The van der Waals surface area contributed by atoms with E-state index in [1.807, 2.05) is 20.8 Å². The summed E-state index contributed by atoms with van der Waals surface area (Å²) >= 11 is 0. The number of nitrogens with one attached hydrogen (secondary N) is 1. The standard InChI is InChI=1S/C21H39N3O5/c1-20(2,3)29-19(26)24-9-7-22-13-17(24)15-27-10-5-11-28-18-12-21(16-25)6-4-8-23(21)14-18/h17-18,22,25H,4-16H2,1-3H3/t17?,18-,21-/m1/s1. The van der Waals surface area contributed by atoms with Crippen LogP contribution in [0.2, 0.25) is 0 Å². The summed E-state index contributed by atoms with van der Waals surface area (Å²) in [6.45, 7) is 11.8. The Morgan fingerprint density at radius 1 is 1.28 bits per heavy atom. The molecule has 0 saturated carbocycles. The maximum Gasteiger partial charge on any atom is 0.410 e. The van der Waals surface area contributed by atoms with Crippen molar-refractivity contribution in [2.24, 2.45) is 0 Å². The van der Waals surface area contributed by atoms with Crippen LogP contribution < -0.4 is 5.32 Å². The Morgan fingerprint density at radius 2 is 2.10 bits per heavy atom. The molecule has 0 bridgehead atoms. The van der Waals surface area contributed by atoms with E-state index in [0.717, 1.165) is 45.4 Å². The van der Waals surface area contributed by atoms with Gasteiger partial charge >= 0.3 is 6.09 Å². The maximum atomic E-state index is 12.4. The van der Waals surface area contributed by atoms with Gasteiger partial charge in [-0.15, -0.1) is 0 Å². The number of hydrogen-bond donors (Lipinski definition) is 2. The molecule has 3 heterocycles. The lowest BCUT2D eigenvalue weighted by Crippen LogP contribution is -2.56. The van der Waals surface area contributed by atoms with Gasteiger partial charge in [-0.2, -0.15) is 0 Å². The summed E-state index contributed by atoms with van der Waals surface area (Å²) in [4.78, 5) is 16.6. The van der Waals surface area contributed by atoms with Crippen LogP contribution in [0.1, 0.15) is 46.5 Å². The summed E-state index contributed by atoms with van der Waals surface area (Å²) in [5.74, 6) is 0. The Bertz CT molecular complexity index is 541. The minimum Gasteiger partial charge on any atom is -0.444 e. The summed E-state index contributed by atoms with van der Waals surface area (Å²) in [5.41, 5.74) is -0.519. The Kier molecular flexibility index (Phi) is 7.78. The third-order valence-corrected chi connectivity index (χ3v) is 6.14. The quantitative estimate of drug-likeness (QED) is 0.579. The van der Waals surface area contributed by atoms with Gasteiger partial charge in [-0.25, -0.2) is 4.79 Å². The van der Waals surface area contributed by atoms with Gasteiger partial charge in [0, 0.05) is 44.9 Å². The predicted octanol–water partition coefficient (Wildman–Crippen LogP) is 1.22. The minimum absolute atomic E-state index is 0.00839. The molecule has 2 N–H and O–H groups in total. The van der Waals surface area contributed by atoms with Crippen molar-refractivity contribution in [2.75, 3.05) is 59.2 Å². The summed E-state index contributed by atoms with van der Waals surface area (Å²) in [6, 6.07) is -0.00839. The van der Waals surface area contributed by atoms with Crippen molar-refractivity contribution in [1.82, 2.24) is 15.1 Å². The van der Waals surface area contributed by atoms with E-state index in [-0.39, 0.29) is 30.4 Å². The molecular formula is C21H39N3O5. The van der Waals surface area contributed by atoms with Crippen molar-refractivity contribution in [3.63, 3.8) is 0 Å². The second-order valence-electron chi connectivity index (χ2n) is 9.59. The van der Waals surface area contributed by atoms with E-state index < -0.39 is 5.60 Å². The topological polar surface area (TPSA) is 83.5 Å². The fraction of sp³-hybridized carbons (Fsp3) is 0.952. The van der Waals surface area contributed by atoms with Crippen LogP contribution in [0.15, 0.2) is 0 Å². The third-order valence-electron chi connectivity index (χ3n) is 6.14. The molecule has 3 aliphatic rings. The van der Waals surface area contributed by atoms with Crippen LogP contribution in [-0.2, 0) is 14.2 Å². The molecule has 0 spiro atoms. The smallest absolute Gasteiger partial charge is 0.410 e. The van der Waals surface area contributed by atoms with Gasteiger partial charge in [-0.1, -0.05) is 0 Å². The lowest BCUT2D eigenvalue weighted by molar-refractivity contribution is -0.00918. The number of aliphatic hydroxyl groups excluding tert-OH is 1. The van der Waals surface area contributed by atoms with Gasteiger partial charge < -0.3 is 29.5 Å². The zero-order valence-corrected chi connectivity index (χ0v) is 18.3. The summed E-state index contributed by atoms with van der Waals surface area (Å²) in [5, 5.41) is 13.1. The van der Waals surface area contributed by atoms with Gasteiger partial charge in [0.15, 0.2) is 0 Å². The first-order valence-corrected chi connectivity index (χ1v) is 11.1.